The van der Waals surface area contributed by atoms with Crippen molar-refractivity contribution in [2.24, 2.45) is 0 Å². The van der Waals surface area contributed by atoms with Gasteiger partial charge in [0, 0.05) is 21.9 Å². The zero-order chi connectivity index (χ0) is 17.0. The Morgan fingerprint density at radius 1 is 1.13 bits per heavy atom. The van der Waals surface area contributed by atoms with Gasteiger partial charge in [0.25, 0.3) is 0 Å². The van der Waals surface area contributed by atoms with E-state index >= 15 is 0 Å². The largest absolute Gasteiger partial charge is 0.457 e. The molecular formula is C16H14Cl2O4S. The van der Waals surface area contributed by atoms with Crippen molar-refractivity contribution < 1.29 is 17.9 Å². The fourth-order valence-electron chi connectivity index (χ4n) is 1.96. The molecule has 0 aromatic heterocycles. The van der Waals surface area contributed by atoms with Gasteiger partial charge in [-0.2, -0.15) is 0 Å². The van der Waals surface area contributed by atoms with Gasteiger partial charge in [0.15, 0.2) is 9.84 Å². The molecule has 2 rings (SSSR count). The molecule has 0 bridgehead atoms. The lowest BCUT2D eigenvalue weighted by molar-refractivity contribution is 0.0472. The van der Waals surface area contributed by atoms with E-state index in [-0.39, 0.29) is 17.9 Å². The number of hydrogen-bond donors (Lipinski definition) is 0. The Morgan fingerprint density at radius 2 is 1.87 bits per heavy atom. The van der Waals surface area contributed by atoms with Crippen LogP contribution in [0.2, 0.25) is 10.0 Å². The van der Waals surface area contributed by atoms with Crippen molar-refractivity contribution in [1.29, 1.82) is 0 Å². The number of rotatable bonds is 5. The minimum absolute atomic E-state index is 0.00510. The summed E-state index contributed by atoms with van der Waals surface area (Å²) in [5.74, 6) is -0.678. The van der Waals surface area contributed by atoms with Crippen LogP contribution in [0.3, 0.4) is 0 Å². The Hall–Kier alpha value is -1.56. The molecule has 0 aliphatic carbocycles. The summed E-state index contributed by atoms with van der Waals surface area (Å²) in [6.45, 7) is 0.00510. The Kier molecular flexibility index (Phi) is 5.68. The molecule has 122 valence electrons. The molecule has 2 aromatic carbocycles. The average molecular weight is 373 g/mol. The zero-order valence-electron chi connectivity index (χ0n) is 12.3. The van der Waals surface area contributed by atoms with E-state index in [0.717, 1.165) is 6.26 Å². The van der Waals surface area contributed by atoms with Gasteiger partial charge >= 0.3 is 5.97 Å². The number of sulfone groups is 1. The Balaban J connectivity index is 2.07. The van der Waals surface area contributed by atoms with Crippen LogP contribution in [0.15, 0.2) is 42.5 Å². The first-order chi connectivity index (χ1) is 10.7. The van der Waals surface area contributed by atoms with Crippen molar-refractivity contribution >= 4 is 39.0 Å². The Morgan fingerprint density at radius 3 is 2.52 bits per heavy atom. The maximum atomic E-state index is 12.1. The Labute approximate surface area is 144 Å². The van der Waals surface area contributed by atoms with Crippen LogP contribution in [0.5, 0.6) is 0 Å². The molecule has 0 atom stereocenters. The lowest BCUT2D eigenvalue weighted by atomic mass is 10.1. The second-order valence-electron chi connectivity index (χ2n) is 5.08. The van der Waals surface area contributed by atoms with E-state index in [1.165, 1.54) is 6.07 Å². The first-order valence-electron chi connectivity index (χ1n) is 6.62. The molecule has 4 nitrogen and oxygen atoms in total. The number of hydrogen-bond acceptors (Lipinski definition) is 4. The third-order valence-electron chi connectivity index (χ3n) is 2.97. The fourth-order valence-corrected chi connectivity index (χ4v) is 3.20. The summed E-state index contributed by atoms with van der Waals surface area (Å²) in [6.07, 6.45) is 1.14. The highest BCUT2D eigenvalue weighted by Crippen LogP contribution is 2.22. The van der Waals surface area contributed by atoms with Crippen molar-refractivity contribution in [3.63, 3.8) is 0 Å². The Bertz CT molecular complexity index is 832. The summed E-state index contributed by atoms with van der Waals surface area (Å²) in [6, 6.07) is 11.2. The van der Waals surface area contributed by atoms with Gasteiger partial charge in [-0.15, -0.1) is 0 Å². The quantitative estimate of drug-likeness (QED) is 0.746. The van der Waals surface area contributed by atoms with Crippen LogP contribution >= 0.6 is 23.2 Å². The molecule has 23 heavy (non-hydrogen) atoms. The van der Waals surface area contributed by atoms with E-state index < -0.39 is 15.8 Å². The molecule has 0 N–H and O–H groups in total. The minimum atomic E-state index is -3.17. The zero-order valence-corrected chi connectivity index (χ0v) is 14.6. The van der Waals surface area contributed by atoms with Gasteiger partial charge in [-0.05, 0) is 29.8 Å². The third kappa shape index (κ3) is 5.53. The normalized spacial score (nSPS) is 11.3. The molecule has 0 saturated heterocycles. The van der Waals surface area contributed by atoms with E-state index in [9.17, 15) is 13.2 Å². The van der Waals surface area contributed by atoms with Crippen molar-refractivity contribution in [3.05, 3.63) is 69.2 Å². The third-order valence-corrected chi connectivity index (χ3v) is 4.41. The number of ether oxygens (including phenoxy) is 1. The molecule has 2 aromatic rings. The van der Waals surface area contributed by atoms with Crippen molar-refractivity contribution in [2.75, 3.05) is 6.26 Å². The van der Waals surface area contributed by atoms with Gasteiger partial charge in [0.2, 0.25) is 0 Å². The summed E-state index contributed by atoms with van der Waals surface area (Å²) in [5.41, 5.74) is 1.46. The SMILES string of the molecule is CS(=O)(=O)Cc1cccc(C(=O)OCc2ccc(Cl)cc2Cl)c1. The predicted molar refractivity (Wildman–Crippen MR) is 90.6 cm³/mol. The van der Waals surface area contributed by atoms with Crippen LogP contribution in [0, 0.1) is 0 Å². The second kappa shape index (κ2) is 7.34. The topological polar surface area (TPSA) is 60.4 Å². The molecular weight excluding hydrogens is 359 g/mol. The molecule has 0 amide bonds. The van der Waals surface area contributed by atoms with Gasteiger partial charge in [-0.3, -0.25) is 0 Å². The van der Waals surface area contributed by atoms with Crippen LogP contribution in [0.1, 0.15) is 21.5 Å². The number of carbonyl (C=O) groups excluding carboxylic acids is 1. The highest BCUT2D eigenvalue weighted by molar-refractivity contribution is 7.89. The van der Waals surface area contributed by atoms with Crippen LogP contribution in [-0.4, -0.2) is 20.6 Å². The highest BCUT2D eigenvalue weighted by atomic mass is 35.5. The molecule has 0 aliphatic rings. The van der Waals surface area contributed by atoms with Crippen LogP contribution in [0.25, 0.3) is 0 Å². The molecule has 0 radical (unpaired) electrons. The average Bonchev–Trinajstić information content (AvgIpc) is 2.44. The highest BCUT2D eigenvalue weighted by Gasteiger charge is 2.11. The van der Waals surface area contributed by atoms with Gasteiger partial charge in [0.1, 0.15) is 6.61 Å². The van der Waals surface area contributed by atoms with E-state index in [0.29, 0.717) is 21.2 Å². The summed E-state index contributed by atoms with van der Waals surface area (Å²) >= 11 is 11.8. The van der Waals surface area contributed by atoms with Gasteiger partial charge in [-0.25, -0.2) is 13.2 Å². The predicted octanol–water partition coefficient (Wildman–Crippen LogP) is 3.90. The molecule has 0 fully saturated rings. The monoisotopic (exact) mass is 372 g/mol. The van der Waals surface area contributed by atoms with E-state index in [1.807, 2.05) is 0 Å². The van der Waals surface area contributed by atoms with Gasteiger partial charge < -0.3 is 4.74 Å². The first-order valence-corrected chi connectivity index (χ1v) is 9.44. The van der Waals surface area contributed by atoms with E-state index in [1.54, 1.807) is 36.4 Å². The minimum Gasteiger partial charge on any atom is -0.457 e. The standard InChI is InChI=1S/C16H14Cl2O4S/c1-23(20,21)10-11-3-2-4-12(7-11)16(19)22-9-13-5-6-14(17)8-15(13)18/h2-8H,9-10H2,1H3. The molecule has 0 aliphatic heterocycles. The van der Waals surface area contributed by atoms with Gasteiger partial charge in [0.05, 0.1) is 11.3 Å². The maximum Gasteiger partial charge on any atom is 0.338 e. The first kappa shape index (κ1) is 17.8. The van der Waals surface area contributed by atoms with Crippen LogP contribution < -0.4 is 0 Å². The van der Waals surface area contributed by atoms with Crippen LogP contribution in [0.4, 0.5) is 0 Å². The fraction of sp³-hybridized carbons (Fsp3) is 0.188. The molecule has 0 unspecified atom stereocenters. The van der Waals surface area contributed by atoms with E-state index in [2.05, 4.69) is 0 Å². The summed E-state index contributed by atoms with van der Waals surface area (Å²) in [4.78, 5) is 12.1. The lowest BCUT2D eigenvalue weighted by Gasteiger charge is -2.08. The number of halogens is 2. The van der Waals surface area contributed by atoms with Crippen molar-refractivity contribution in [2.45, 2.75) is 12.4 Å². The van der Waals surface area contributed by atoms with Crippen LogP contribution in [-0.2, 0) is 26.9 Å². The molecule has 0 heterocycles. The van der Waals surface area contributed by atoms with Crippen molar-refractivity contribution in [1.82, 2.24) is 0 Å². The number of carbonyl (C=O) groups is 1. The van der Waals surface area contributed by atoms with Crippen molar-refractivity contribution in [3.8, 4) is 0 Å². The summed E-state index contributed by atoms with van der Waals surface area (Å²) < 4.78 is 27.8. The smallest absolute Gasteiger partial charge is 0.338 e. The lowest BCUT2D eigenvalue weighted by Crippen LogP contribution is -2.07. The number of benzene rings is 2. The molecule has 7 heteroatoms. The van der Waals surface area contributed by atoms with E-state index in [4.69, 9.17) is 27.9 Å². The number of esters is 1. The second-order valence-corrected chi connectivity index (χ2v) is 8.07. The summed E-state index contributed by atoms with van der Waals surface area (Å²) in [7, 11) is -3.17. The maximum absolute atomic E-state index is 12.1. The van der Waals surface area contributed by atoms with Gasteiger partial charge in [-0.1, -0.05) is 41.4 Å². The molecule has 0 saturated carbocycles. The summed E-state index contributed by atoms with van der Waals surface area (Å²) in [5, 5.41) is 0.912. The molecule has 0 spiro atoms.